The Balaban J connectivity index is 1.37. The van der Waals surface area contributed by atoms with E-state index < -0.39 is 0 Å². The molecule has 140 valence electrons. The third-order valence-corrected chi connectivity index (χ3v) is 6.34. The third kappa shape index (κ3) is 6.31. The summed E-state index contributed by atoms with van der Waals surface area (Å²) in [7, 11) is 0. The molecule has 1 saturated carbocycles. The molecule has 0 saturated heterocycles. The summed E-state index contributed by atoms with van der Waals surface area (Å²) in [6.07, 6.45) is 15.2. The minimum absolute atomic E-state index is 0.977. The molecule has 26 heavy (non-hydrogen) atoms. The highest BCUT2D eigenvalue weighted by atomic mass is 14.3. The maximum absolute atomic E-state index is 2.37. The molecule has 0 unspecified atom stereocenters. The summed E-state index contributed by atoms with van der Waals surface area (Å²) in [5, 5.41) is 0. The van der Waals surface area contributed by atoms with Crippen LogP contribution in [0.3, 0.4) is 0 Å². The maximum Gasteiger partial charge on any atom is -0.0238 e. The molecule has 1 aliphatic rings. The molecule has 0 amide bonds. The first-order chi connectivity index (χ1) is 12.8. The highest BCUT2D eigenvalue weighted by Crippen LogP contribution is 2.34. The topological polar surface area (TPSA) is 0 Å². The lowest BCUT2D eigenvalue weighted by Crippen LogP contribution is -2.15. The van der Waals surface area contributed by atoms with Gasteiger partial charge in [0.05, 0.1) is 0 Å². The van der Waals surface area contributed by atoms with Gasteiger partial charge in [0.15, 0.2) is 0 Å². The Morgan fingerprint density at radius 1 is 0.615 bits per heavy atom. The van der Waals surface area contributed by atoms with Crippen molar-refractivity contribution < 1.29 is 0 Å². The second-order valence-electron chi connectivity index (χ2n) is 8.37. The second kappa shape index (κ2) is 10.6. The van der Waals surface area contributed by atoms with Gasteiger partial charge in [0, 0.05) is 0 Å². The van der Waals surface area contributed by atoms with Crippen LogP contribution in [-0.2, 0) is 19.3 Å². The second-order valence-corrected chi connectivity index (χ2v) is 8.37. The first kappa shape index (κ1) is 19.2. The first-order valence-corrected chi connectivity index (χ1v) is 10.9. The van der Waals surface area contributed by atoms with E-state index in [1.54, 1.807) is 0 Å². The van der Waals surface area contributed by atoms with Crippen molar-refractivity contribution in [2.24, 2.45) is 11.8 Å². The van der Waals surface area contributed by atoms with Crippen LogP contribution < -0.4 is 0 Å². The van der Waals surface area contributed by atoms with E-state index in [1.165, 1.54) is 74.5 Å². The molecule has 0 heterocycles. The van der Waals surface area contributed by atoms with Gasteiger partial charge < -0.3 is 0 Å². The molecular weight excluding hydrogens is 312 g/mol. The Hall–Kier alpha value is -1.56. The molecule has 0 aromatic heterocycles. The SMILES string of the molecule is CCCCC1CCC(CCc2ccc(CCc3ccccc3)cc2)CC1. The number of unbranched alkanes of at least 4 members (excludes halogenated alkanes) is 1. The standard InChI is InChI=1S/C26H36/c1-2-3-7-23-11-14-25(15-12-23)18-21-26-19-16-24(17-20-26)13-10-22-8-5-4-6-9-22/h4-6,8-9,16-17,19-20,23,25H,2-3,7,10-15,18,21H2,1H3. The van der Waals surface area contributed by atoms with E-state index in [4.69, 9.17) is 0 Å². The zero-order valence-electron chi connectivity index (χ0n) is 16.6. The average Bonchev–Trinajstić information content (AvgIpc) is 2.71. The molecule has 0 N–H and O–H groups in total. The Morgan fingerprint density at radius 2 is 1.12 bits per heavy atom. The van der Waals surface area contributed by atoms with Crippen LogP contribution in [0.5, 0.6) is 0 Å². The van der Waals surface area contributed by atoms with Gasteiger partial charge in [0.25, 0.3) is 0 Å². The lowest BCUT2D eigenvalue weighted by molar-refractivity contribution is 0.250. The van der Waals surface area contributed by atoms with Crippen molar-refractivity contribution in [2.45, 2.75) is 77.6 Å². The van der Waals surface area contributed by atoms with Crippen molar-refractivity contribution in [1.29, 1.82) is 0 Å². The van der Waals surface area contributed by atoms with E-state index in [9.17, 15) is 0 Å². The van der Waals surface area contributed by atoms with E-state index in [1.807, 2.05) is 0 Å². The smallest absolute Gasteiger partial charge is 0.0238 e. The van der Waals surface area contributed by atoms with Crippen LogP contribution in [0.1, 0.15) is 75.0 Å². The Bertz CT molecular complexity index is 602. The van der Waals surface area contributed by atoms with E-state index in [2.05, 4.69) is 61.5 Å². The summed E-state index contributed by atoms with van der Waals surface area (Å²) in [6, 6.07) is 20.2. The van der Waals surface area contributed by atoms with Gasteiger partial charge in [-0.05, 0) is 54.2 Å². The van der Waals surface area contributed by atoms with Crippen molar-refractivity contribution in [3.05, 3.63) is 71.3 Å². The van der Waals surface area contributed by atoms with E-state index in [0.29, 0.717) is 0 Å². The van der Waals surface area contributed by atoms with Crippen LogP contribution in [0.2, 0.25) is 0 Å². The largest absolute Gasteiger partial charge is 0.0654 e. The molecule has 0 atom stereocenters. The maximum atomic E-state index is 2.37. The van der Waals surface area contributed by atoms with E-state index in [-0.39, 0.29) is 0 Å². The van der Waals surface area contributed by atoms with Crippen LogP contribution in [0.4, 0.5) is 0 Å². The molecule has 0 nitrogen and oxygen atoms in total. The van der Waals surface area contributed by atoms with Gasteiger partial charge in [-0.15, -0.1) is 0 Å². The van der Waals surface area contributed by atoms with Gasteiger partial charge in [-0.1, -0.05) is 106 Å². The fourth-order valence-electron chi connectivity index (χ4n) is 4.48. The molecule has 0 spiro atoms. The third-order valence-electron chi connectivity index (χ3n) is 6.34. The quantitative estimate of drug-likeness (QED) is 0.443. The van der Waals surface area contributed by atoms with Gasteiger partial charge in [-0.2, -0.15) is 0 Å². The summed E-state index contributed by atoms with van der Waals surface area (Å²) in [6.45, 7) is 2.32. The Kier molecular flexibility index (Phi) is 7.80. The number of hydrogen-bond donors (Lipinski definition) is 0. The average molecular weight is 349 g/mol. The van der Waals surface area contributed by atoms with Crippen LogP contribution in [0, 0.1) is 11.8 Å². The summed E-state index contributed by atoms with van der Waals surface area (Å²) in [5.41, 5.74) is 4.43. The minimum Gasteiger partial charge on any atom is -0.0654 e. The van der Waals surface area contributed by atoms with Crippen LogP contribution in [0.25, 0.3) is 0 Å². The van der Waals surface area contributed by atoms with E-state index >= 15 is 0 Å². The first-order valence-electron chi connectivity index (χ1n) is 10.9. The molecule has 1 fully saturated rings. The molecule has 2 aromatic rings. The zero-order chi connectivity index (χ0) is 18.0. The minimum atomic E-state index is 0.977. The van der Waals surface area contributed by atoms with Crippen LogP contribution in [-0.4, -0.2) is 0 Å². The number of rotatable bonds is 9. The molecule has 0 bridgehead atoms. The van der Waals surface area contributed by atoms with Crippen molar-refractivity contribution in [3.63, 3.8) is 0 Å². The summed E-state index contributed by atoms with van der Waals surface area (Å²) in [5.74, 6) is 2.01. The summed E-state index contributed by atoms with van der Waals surface area (Å²) in [4.78, 5) is 0. The normalized spacial score (nSPS) is 20.2. The van der Waals surface area contributed by atoms with Crippen molar-refractivity contribution >= 4 is 0 Å². The molecule has 0 aliphatic heterocycles. The fourth-order valence-corrected chi connectivity index (χ4v) is 4.48. The Labute approximate surface area is 161 Å². The lowest BCUT2D eigenvalue weighted by Gasteiger charge is -2.28. The van der Waals surface area contributed by atoms with Crippen LogP contribution >= 0.6 is 0 Å². The van der Waals surface area contributed by atoms with Gasteiger partial charge in [-0.3, -0.25) is 0 Å². The van der Waals surface area contributed by atoms with Crippen LogP contribution in [0.15, 0.2) is 54.6 Å². The molecule has 1 aliphatic carbocycles. The van der Waals surface area contributed by atoms with Crippen molar-refractivity contribution in [1.82, 2.24) is 0 Å². The lowest BCUT2D eigenvalue weighted by atomic mass is 9.78. The fraction of sp³-hybridized carbons (Fsp3) is 0.538. The summed E-state index contributed by atoms with van der Waals surface area (Å²) < 4.78 is 0. The van der Waals surface area contributed by atoms with Crippen molar-refractivity contribution in [2.75, 3.05) is 0 Å². The van der Waals surface area contributed by atoms with Gasteiger partial charge >= 0.3 is 0 Å². The number of hydrogen-bond acceptors (Lipinski definition) is 0. The molecule has 3 rings (SSSR count). The molecular formula is C26H36. The molecule has 0 heteroatoms. The van der Waals surface area contributed by atoms with Crippen molar-refractivity contribution in [3.8, 4) is 0 Å². The highest BCUT2D eigenvalue weighted by molar-refractivity contribution is 5.24. The van der Waals surface area contributed by atoms with Gasteiger partial charge in [0.2, 0.25) is 0 Å². The Morgan fingerprint density at radius 3 is 1.69 bits per heavy atom. The highest BCUT2D eigenvalue weighted by Gasteiger charge is 2.20. The number of aryl methyl sites for hydroxylation is 3. The monoisotopic (exact) mass is 348 g/mol. The van der Waals surface area contributed by atoms with Gasteiger partial charge in [-0.25, -0.2) is 0 Å². The zero-order valence-corrected chi connectivity index (χ0v) is 16.6. The predicted octanol–water partition coefficient (Wildman–Crippen LogP) is 7.40. The summed E-state index contributed by atoms with van der Waals surface area (Å²) >= 11 is 0. The predicted molar refractivity (Wildman–Crippen MR) is 114 cm³/mol. The molecule has 2 aromatic carbocycles. The molecule has 0 radical (unpaired) electrons. The van der Waals surface area contributed by atoms with E-state index in [0.717, 1.165) is 24.7 Å². The van der Waals surface area contributed by atoms with Gasteiger partial charge in [0.1, 0.15) is 0 Å². The number of benzene rings is 2.